The van der Waals surface area contributed by atoms with Crippen molar-refractivity contribution in [2.45, 2.75) is 105 Å². The SMILES string of the molecule is CCCCCCC(C)C1(CCCC)CCCCC1C. The van der Waals surface area contributed by atoms with Gasteiger partial charge in [0.15, 0.2) is 0 Å². The molecule has 0 heterocycles. The second-order valence-electron chi connectivity index (χ2n) is 7.23. The van der Waals surface area contributed by atoms with E-state index in [1.165, 1.54) is 77.0 Å². The molecule has 19 heavy (non-hydrogen) atoms. The lowest BCUT2D eigenvalue weighted by molar-refractivity contribution is 0.0245. The Hall–Kier alpha value is 0. The van der Waals surface area contributed by atoms with Crippen molar-refractivity contribution in [2.24, 2.45) is 17.3 Å². The van der Waals surface area contributed by atoms with Gasteiger partial charge in [-0.3, -0.25) is 0 Å². The minimum Gasteiger partial charge on any atom is -0.0654 e. The van der Waals surface area contributed by atoms with Gasteiger partial charge in [0.1, 0.15) is 0 Å². The highest BCUT2D eigenvalue weighted by molar-refractivity contribution is 4.91. The Morgan fingerprint density at radius 3 is 2.37 bits per heavy atom. The predicted octanol–water partition coefficient (Wildman–Crippen LogP) is 6.98. The first-order chi connectivity index (χ1) is 9.17. The van der Waals surface area contributed by atoms with Crippen LogP contribution >= 0.6 is 0 Å². The lowest BCUT2D eigenvalue weighted by Gasteiger charge is -2.48. The number of hydrogen-bond acceptors (Lipinski definition) is 0. The van der Waals surface area contributed by atoms with Crippen LogP contribution in [0.15, 0.2) is 0 Å². The Bertz CT molecular complexity index is 220. The maximum Gasteiger partial charge on any atom is -0.0246 e. The molecule has 1 aliphatic rings. The van der Waals surface area contributed by atoms with Crippen LogP contribution in [-0.2, 0) is 0 Å². The zero-order chi connectivity index (χ0) is 14.1. The monoisotopic (exact) mass is 266 g/mol. The molecule has 0 aromatic carbocycles. The average molecular weight is 267 g/mol. The normalized spacial score (nSPS) is 29.4. The van der Waals surface area contributed by atoms with Gasteiger partial charge < -0.3 is 0 Å². The van der Waals surface area contributed by atoms with E-state index in [1.807, 2.05) is 0 Å². The number of hydrogen-bond donors (Lipinski definition) is 0. The molecule has 0 saturated heterocycles. The van der Waals surface area contributed by atoms with Crippen LogP contribution in [0.3, 0.4) is 0 Å². The summed E-state index contributed by atoms with van der Waals surface area (Å²) in [5, 5.41) is 0. The van der Waals surface area contributed by atoms with Crippen molar-refractivity contribution in [2.75, 3.05) is 0 Å². The molecule has 0 N–H and O–H groups in total. The van der Waals surface area contributed by atoms with Gasteiger partial charge in [0.25, 0.3) is 0 Å². The predicted molar refractivity (Wildman–Crippen MR) is 87.5 cm³/mol. The third-order valence-corrected chi connectivity index (χ3v) is 5.98. The van der Waals surface area contributed by atoms with Crippen LogP contribution in [0.5, 0.6) is 0 Å². The second kappa shape index (κ2) is 9.03. The molecule has 1 saturated carbocycles. The molecule has 1 fully saturated rings. The van der Waals surface area contributed by atoms with Crippen LogP contribution in [0.25, 0.3) is 0 Å². The maximum absolute atomic E-state index is 2.57. The summed E-state index contributed by atoms with van der Waals surface area (Å²) in [6, 6.07) is 0. The molecule has 3 atom stereocenters. The number of rotatable bonds is 9. The van der Waals surface area contributed by atoms with Crippen LogP contribution < -0.4 is 0 Å². The van der Waals surface area contributed by atoms with Crippen molar-refractivity contribution >= 4 is 0 Å². The molecule has 1 rings (SSSR count). The molecular formula is C19H38. The van der Waals surface area contributed by atoms with Gasteiger partial charge in [0.05, 0.1) is 0 Å². The van der Waals surface area contributed by atoms with Gasteiger partial charge in [0.2, 0.25) is 0 Å². The fourth-order valence-corrected chi connectivity index (χ4v) is 4.46. The van der Waals surface area contributed by atoms with Gasteiger partial charge in [-0.05, 0) is 30.1 Å². The topological polar surface area (TPSA) is 0 Å². The van der Waals surface area contributed by atoms with E-state index >= 15 is 0 Å². The molecule has 0 spiro atoms. The minimum atomic E-state index is 0.695. The smallest absolute Gasteiger partial charge is 0.0246 e. The van der Waals surface area contributed by atoms with E-state index in [9.17, 15) is 0 Å². The summed E-state index contributed by atoms with van der Waals surface area (Å²) in [6.07, 6.45) is 17.5. The molecule has 0 heteroatoms. The first kappa shape index (κ1) is 17.1. The summed E-state index contributed by atoms with van der Waals surface area (Å²) in [4.78, 5) is 0. The van der Waals surface area contributed by atoms with Crippen LogP contribution in [0.1, 0.15) is 105 Å². The molecule has 0 aromatic heterocycles. The lowest BCUT2D eigenvalue weighted by atomic mass is 9.57. The standard InChI is InChI=1S/C19H38/c1-5-7-9-10-13-17(3)19(15-8-6-2)16-12-11-14-18(19)4/h17-18H,5-16H2,1-4H3. The van der Waals surface area contributed by atoms with E-state index in [2.05, 4.69) is 27.7 Å². The number of unbranched alkanes of at least 4 members (excludes halogenated alkanes) is 4. The highest BCUT2D eigenvalue weighted by Gasteiger charge is 2.41. The summed E-state index contributed by atoms with van der Waals surface area (Å²) in [5.74, 6) is 1.92. The van der Waals surface area contributed by atoms with Gasteiger partial charge in [-0.15, -0.1) is 0 Å². The van der Waals surface area contributed by atoms with Crippen LogP contribution in [0.4, 0.5) is 0 Å². The Morgan fingerprint density at radius 2 is 1.74 bits per heavy atom. The first-order valence-corrected chi connectivity index (χ1v) is 9.17. The Kier molecular flexibility index (Phi) is 8.11. The van der Waals surface area contributed by atoms with Crippen molar-refractivity contribution in [1.82, 2.24) is 0 Å². The van der Waals surface area contributed by atoms with Crippen molar-refractivity contribution < 1.29 is 0 Å². The van der Waals surface area contributed by atoms with Gasteiger partial charge in [-0.25, -0.2) is 0 Å². The van der Waals surface area contributed by atoms with Crippen LogP contribution in [-0.4, -0.2) is 0 Å². The summed E-state index contributed by atoms with van der Waals surface area (Å²) in [7, 11) is 0. The second-order valence-corrected chi connectivity index (χ2v) is 7.23. The Morgan fingerprint density at radius 1 is 1.00 bits per heavy atom. The van der Waals surface area contributed by atoms with Crippen molar-refractivity contribution in [3.05, 3.63) is 0 Å². The minimum absolute atomic E-state index is 0.695. The molecule has 0 amide bonds. The first-order valence-electron chi connectivity index (χ1n) is 9.17. The molecule has 0 radical (unpaired) electrons. The van der Waals surface area contributed by atoms with E-state index < -0.39 is 0 Å². The van der Waals surface area contributed by atoms with Crippen molar-refractivity contribution in [1.29, 1.82) is 0 Å². The fraction of sp³-hybridized carbons (Fsp3) is 1.00. The van der Waals surface area contributed by atoms with E-state index in [-0.39, 0.29) is 0 Å². The molecule has 0 aromatic rings. The summed E-state index contributed by atoms with van der Waals surface area (Å²) in [6.45, 7) is 9.79. The Balaban J connectivity index is 2.55. The summed E-state index contributed by atoms with van der Waals surface area (Å²) < 4.78 is 0. The summed E-state index contributed by atoms with van der Waals surface area (Å²) in [5.41, 5.74) is 0.695. The highest BCUT2D eigenvalue weighted by atomic mass is 14.5. The fourth-order valence-electron chi connectivity index (χ4n) is 4.46. The Labute approximate surface area is 122 Å². The lowest BCUT2D eigenvalue weighted by Crippen LogP contribution is -2.38. The average Bonchev–Trinajstić information content (AvgIpc) is 2.43. The quantitative estimate of drug-likeness (QED) is 0.395. The van der Waals surface area contributed by atoms with Crippen molar-refractivity contribution in [3.63, 3.8) is 0 Å². The highest BCUT2D eigenvalue weighted by Crippen LogP contribution is 2.51. The van der Waals surface area contributed by atoms with Gasteiger partial charge >= 0.3 is 0 Å². The van der Waals surface area contributed by atoms with Crippen LogP contribution in [0, 0.1) is 17.3 Å². The molecule has 114 valence electrons. The van der Waals surface area contributed by atoms with Gasteiger partial charge in [-0.1, -0.05) is 91.9 Å². The molecule has 3 unspecified atom stereocenters. The van der Waals surface area contributed by atoms with E-state index in [0.29, 0.717) is 5.41 Å². The zero-order valence-corrected chi connectivity index (χ0v) is 14.1. The molecule has 0 nitrogen and oxygen atoms in total. The van der Waals surface area contributed by atoms with Crippen LogP contribution in [0.2, 0.25) is 0 Å². The van der Waals surface area contributed by atoms with Gasteiger partial charge in [0, 0.05) is 0 Å². The van der Waals surface area contributed by atoms with E-state index in [1.54, 1.807) is 0 Å². The van der Waals surface area contributed by atoms with Gasteiger partial charge in [-0.2, -0.15) is 0 Å². The third-order valence-electron chi connectivity index (χ3n) is 5.98. The zero-order valence-electron chi connectivity index (χ0n) is 14.1. The molecule has 0 aliphatic heterocycles. The van der Waals surface area contributed by atoms with Crippen molar-refractivity contribution in [3.8, 4) is 0 Å². The largest absolute Gasteiger partial charge is 0.0654 e. The molecular weight excluding hydrogens is 228 g/mol. The van der Waals surface area contributed by atoms with E-state index in [0.717, 1.165) is 11.8 Å². The summed E-state index contributed by atoms with van der Waals surface area (Å²) >= 11 is 0. The maximum atomic E-state index is 2.57. The molecule has 0 bridgehead atoms. The van der Waals surface area contributed by atoms with E-state index in [4.69, 9.17) is 0 Å². The molecule has 1 aliphatic carbocycles. The third kappa shape index (κ3) is 4.80.